The molecule has 0 aromatic heterocycles. The molecular weight excluding hydrogens is 164 g/mol. The number of likely N-dealkylation sites (tertiary alicyclic amines) is 1. The highest BCUT2D eigenvalue weighted by molar-refractivity contribution is 5.87. The smallest absolute Gasteiger partial charge is 0.245 e. The van der Waals surface area contributed by atoms with Gasteiger partial charge in [0, 0.05) is 13.1 Å². The first kappa shape index (κ1) is 12.2. The molecule has 0 aromatic carbocycles. The highest BCUT2D eigenvalue weighted by atomic mass is 16.2. The van der Waals surface area contributed by atoms with Gasteiger partial charge in [-0.05, 0) is 32.5 Å². The monoisotopic (exact) mass is 184 g/mol. The predicted octanol–water partition coefficient (Wildman–Crippen LogP) is 0.876. The molecule has 0 spiro atoms. The second-order valence-corrected chi connectivity index (χ2v) is 3.38. The molecule has 1 atom stereocenters. The lowest BCUT2D eigenvalue weighted by atomic mass is 10.2. The molecule has 0 bridgehead atoms. The van der Waals surface area contributed by atoms with Gasteiger partial charge in [0.05, 0.1) is 0 Å². The molecule has 0 saturated carbocycles. The van der Waals surface area contributed by atoms with Crippen LogP contribution >= 0.6 is 0 Å². The lowest BCUT2D eigenvalue weighted by Gasteiger charge is -2.11. The summed E-state index contributed by atoms with van der Waals surface area (Å²) in [6.45, 7) is 7.42. The van der Waals surface area contributed by atoms with Crippen molar-refractivity contribution in [3.05, 3.63) is 12.7 Å². The Bertz CT molecular complexity index is 168. The van der Waals surface area contributed by atoms with Crippen molar-refractivity contribution in [2.24, 2.45) is 5.92 Å². The van der Waals surface area contributed by atoms with Crippen molar-refractivity contribution in [3.63, 3.8) is 0 Å². The van der Waals surface area contributed by atoms with E-state index >= 15 is 0 Å². The molecule has 3 heteroatoms. The third-order valence-corrected chi connectivity index (χ3v) is 1.91. The van der Waals surface area contributed by atoms with E-state index in [4.69, 9.17) is 0 Å². The Kier molecular flexibility index (Phi) is 6.24. The van der Waals surface area contributed by atoms with Gasteiger partial charge in [0.15, 0.2) is 0 Å². The van der Waals surface area contributed by atoms with E-state index in [0.717, 1.165) is 19.5 Å². The van der Waals surface area contributed by atoms with Crippen LogP contribution in [0, 0.1) is 5.92 Å². The van der Waals surface area contributed by atoms with Crippen LogP contribution < -0.4 is 5.32 Å². The maximum Gasteiger partial charge on any atom is 0.245 e. The zero-order valence-corrected chi connectivity index (χ0v) is 8.84. The minimum atomic E-state index is 0.0735. The van der Waals surface area contributed by atoms with E-state index in [-0.39, 0.29) is 5.91 Å². The molecule has 0 radical (unpaired) electrons. The molecule has 1 fully saturated rings. The normalized spacial score (nSPS) is 20.5. The van der Waals surface area contributed by atoms with Gasteiger partial charge in [0.25, 0.3) is 0 Å². The molecule has 13 heavy (non-hydrogen) atoms. The third kappa shape index (κ3) is 4.68. The Balaban J connectivity index is 0.000000424. The van der Waals surface area contributed by atoms with Crippen LogP contribution in [-0.4, -0.2) is 38.0 Å². The lowest BCUT2D eigenvalue weighted by Crippen LogP contribution is -2.26. The molecule has 1 aliphatic heterocycles. The average Bonchev–Trinajstić information content (AvgIpc) is 2.52. The van der Waals surface area contributed by atoms with Crippen LogP contribution in [0.15, 0.2) is 12.7 Å². The van der Waals surface area contributed by atoms with Crippen molar-refractivity contribution in [1.29, 1.82) is 0 Å². The Hall–Kier alpha value is -0.830. The Morgan fingerprint density at radius 2 is 2.15 bits per heavy atom. The minimum Gasteiger partial charge on any atom is -0.339 e. The van der Waals surface area contributed by atoms with Crippen molar-refractivity contribution >= 4 is 5.91 Å². The molecule has 1 heterocycles. The summed E-state index contributed by atoms with van der Waals surface area (Å²) in [4.78, 5) is 12.8. The van der Waals surface area contributed by atoms with E-state index in [2.05, 4.69) is 18.8 Å². The van der Waals surface area contributed by atoms with Crippen molar-refractivity contribution in [1.82, 2.24) is 10.2 Å². The highest BCUT2D eigenvalue weighted by Gasteiger charge is 2.20. The summed E-state index contributed by atoms with van der Waals surface area (Å²) < 4.78 is 0. The van der Waals surface area contributed by atoms with E-state index in [1.807, 2.05) is 19.0 Å². The predicted molar refractivity (Wildman–Crippen MR) is 55.5 cm³/mol. The molecule has 76 valence electrons. The number of amides is 1. The summed E-state index contributed by atoms with van der Waals surface area (Å²) in [6.07, 6.45) is 2.53. The quantitative estimate of drug-likeness (QED) is 0.613. The van der Waals surface area contributed by atoms with Crippen LogP contribution in [0.2, 0.25) is 0 Å². The van der Waals surface area contributed by atoms with Crippen molar-refractivity contribution < 1.29 is 4.79 Å². The summed E-state index contributed by atoms with van der Waals surface area (Å²) >= 11 is 0. The number of hydrogen-bond donors (Lipinski definition) is 1. The van der Waals surface area contributed by atoms with Crippen LogP contribution in [0.3, 0.4) is 0 Å². The van der Waals surface area contributed by atoms with Gasteiger partial charge < -0.3 is 10.2 Å². The van der Waals surface area contributed by atoms with Crippen LogP contribution in [0.4, 0.5) is 0 Å². The van der Waals surface area contributed by atoms with Gasteiger partial charge >= 0.3 is 0 Å². The molecule has 1 rings (SSSR count). The van der Waals surface area contributed by atoms with Crippen LogP contribution in [-0.2, 0) is 4.79 Å². The van der Waals surface area contributed by atoms with E-state index in [9.17, 15) is 4.79 Å². The summed E-state index contributed by atoms with van der Waals surface area (Å²) in [5, 5.41) is 2.75. The van der Waals surface area contributed by atoms with Crippen LogP contribution in [0.1, 0.15) is 13.3 Å². The first-order valence-electron chi connectivity index (χ1n) is 4.65. The van der Waals surface area contributed by atoms with E-state index < -0.39 is 0 Å². The summed E-state index contributed by atoms with van der Waals surface area (Å²) in [5.74, 6) is 0.744. The zero-order chi connectivity index (χ0) is 10.3. The number of nitrogens with zero attached hydrogens (tertiary/aromatic N) is 1. The van der Waals surface area contributed by atoms with E-state index in [0.29, 0.717) is 5.92 Å². The standard InChI is InChI=1S/C8H13NO.C2H7N/c1-3-8(10)9-5-4-7(2)6-9;1-3-2/h3,7H,1,4-6H2,2H3;3H,1-2H3/t7-;/m0./s1. The largest absolute Gasteiger partial charge is 0.339 e. The van der Waals surface area contributed by atoms with Gasteiger partial charge in [-0.25, -0.2) is 0 Å². The molecule has 1 amide bonds. The number of carbonyl (C=O) groups is 1. The molecule has 3 nitrogen and oxygen atoms in total. The second kappa shape index (κ2) is 6.66. The molecule has 1 N–H and O–H groups in total. The first-order valence-corrected chi connectivity index (χ1v) is 4.65. The van der Waals surface area contributed by atoms with Crippen molar-refractivity contribution in [3.8, 4) is 0 Å². The SMILES string of the molecule is C=CC(=O)N1CC[C@H](C)C1.CNC. The molecule has 0 unspecified atom stereocenters. The van der Waals surface area contributed by atoms with Gasteiger partial charge in [-0.2, -0.15) is 0 Å². The van der Waals surface area contributed by atoms with Gasteiger partial charge in [-0.15, -0.1) is 0 Å². The maximum atomic E-state index is 11.0. The fraction of sp³-hybridized carbons (Fsp3) is 0.700. The highest BCUT2D eigenvalue weighted by Crippen LogP contribution is 2.14. The Morgan fingerprint density at radius 1 is 1.62 bits per heavy atom. The molecule has 0 aromatic rings. The zero-order valence-electron chi connectivity index (χ0n) is 8.84. The van der Waals surface area contributed by atoms with Gasteiger partial charge in [0.1, 0.15) is 0 Å². The van der Waals surface area contributed by atoms with E-state index in [1.54, 1.807) is 0 Å². The van der Waals surface area contributed by atoms with Crippen molar-refractivity contribution in [2.45, 2.75) is 13.3 Å². The average molecular weight is 184 g/mol. The number of rotatable bonds is 1. The molecule has 0 aliphatic carbocycles. The maximum absolute atomic E-state index is 11.0. The summed E-state index contributed by atoms with van der Waals surface area (Å²) in [7, 11) is 3.75. The number of carbonyl (C=O) groups excluding carboxylic acids is 1. The van der Waals surface area contributed by atoms with Gasteiger partial charge in [-0.1, -0.05) is 13.5 Å². The van der Waals surface area contributed by atoms with Crippen LogP contribution in [0.25, 0.3) is 0 Å². The molecule has 1 aliphatic rings. The van der Waals surface area contributed by atoms with E-state index in [1.165, 1.54) is 6.08 Å². The lowest BCUT2D eigenvalue weighted by molar-refractivity contribution is -0.125. The van der Waals surface area contributed by atoms with Gasteiger partial charge in [0.2, 0.25) is 5.91 Å². The molecule has 1 saturated heterocycles. The first-order chi connectivity index (χ1) is 6.15. The fourth-order valence-electron chi connectivity index (χ4n) is 1.26. The summed E-state index contributed by atoms with van der Waals surface area (Å²) in [5.41, 5.74) is 0. The molecular formula is C10H20N2O. The van der Waals surface area contributed by atoms with Crippen LogP contribution in [0.5, 0.6) is 0 Å². The number of nitrogens with one attached hydrogen (secondary N) is 1. The third-order valence-electron chi connectivity index (χ3n) is 1.91. The van der Waals surface area contributed by atoms with Crippen molar-refractivity contribution in [2.75, 3.05) is 27.2 Å². The Morgan fingerprint density at radius 3 is 2.46 bits per heavy atom. The summed E-state index contributed by atoms with van der Waals surface area (Å²) in [6, 6.07) is 0. The topological polar surface area (TPSA) is 32.3 Å². The number of hydrogen-bond acceptors (Lipinski definition) is 2. The van der Waals surface area contributed by atoms with Gasteiger partial charge in [-0.3, -0.25) is 4.79 Å². The Labute approximate surface area is 80.8 Å². The minimum absolute atomic E-state index is 0.0735. The fourth-order valence-corrected chi connectivity index (χ4v) is 1.26. The second-order valence-electron chi connectivity index (χ2n) is 3.38.